The molecule has 150 valence electrons. The molecule has 2 fully saturated rings. The number of benzene rings is 2. The number of nitrogens with one attached hydrogen (secondary N) is 1. The van der Waals surface area contributed by atoms with Gasteiger partial charge in [0.05, 0.1) is 24.4 Å². The summed E-state index contributed by atoms with van der Waals surface area (Å²) in [4.78, 5) is 12.4. The predicted octanol–water partition coefficient (Wildman–Crippen LogP) is 4.22. The van der Waals surface area contributed by atoms with Gasteiger partial charge in [-0.2, -0.15) is 5.10 Å². The molecule has 2 aliphatic rings. The van der Waals surface area contributed by atoms with Crippen LogP contribution in [0.3, 0.4) is 0 Å². The van der Waals surface area contributed by atoms with Crippen LogP contribution in [0.5, 0.6) is 0 Å². The maximum Gasteiger partial charge on any atom is 0.251 e. The van der Waals surface area contributed by atoms with Crippen LogP contribution >= 0.6 is 0 Å². The van der Waals surface area contributed by atoms with Crippen LogP contribution in [0.4, 0.5) is 4.39 Å². The normalized spacial score (nSPS) is 19.0. The highest BCUT2D eigenvalue weighted by molar-refractivity contribution is 5.96. The van der Waals surface area contributed by atoms with Crippen molar-refractivity contribution in [2.75, 3.05) is 6.61 Å². The van der Waals surface area contributed by atoms with E-state index < -0.39 is 0 Å². The van der Waals surface area contributed by atoms with Crippen LogP contribution in [-0.2, 0) is 11.3 Å². The van der Waals surface area contributed by atoms with E-state index in [2.05, 4.69) is 10.4 Å². The molecule has 2 aromatic carbocycles. The van der Waals surface area contributed by atoms with Gasteiger partial charge in [-0.1, -0.05) is 6.07 Å². The third kappa shape index (κ3) is 3.65. The first-order chi connectivity index (χ1) is 14.1. The maximum absolute atomic E-state index is 14.6. The van der Waals surface area contributed by atoms with Crippen LogP contribution in [0, 0.1) is 12.7 Å². The number of nitrogens with zero attached hydrogens (tertiary/aromatic N) is 2. The lowest BCUT2D eigenvalue weighted by Crippen LogP contribution is -2.25. The molecule has 1 saturated carbocycles. The largest absolute Gasteiger partial charge is 0.376 e. The van der Waals surface area contributed by atoms with Crippen molar-refractivity contribution in [3.8, 4) is 11.1 Å². The zero-order valence-corrected chi connectivity index (χ0v) is 16.5. The smallest absolute Gasteiger partial charge is 0.251 e. The number of fused-ring (bicyclic) bond motifs is 1. The Morgan fingerprint density at radius 1 is 1.28 bits per heavy atom. The third-order valence-corrected chi connectivity index (χ3v) is 5.87. The fourth-order valence-corrected chi connectivity index (χ4v) is 3.99. The fourth-order valence-electron chi connectivity index (χ4n) is 3.99. The lowest BCUT2D eigenvalue weighted by Gasteiger charge is -2.12. The predicted molar refractivity (Wildman–Crippen MR) is 109 cm³/mol. The summed E-state index contributed by atoms with van der Waals surface area (Å²) in [6, 6.07) is 9.35. The van der Waals surface area contributed by atoms with E-state index in [1.165, 1.54) is 6.07 Å². The van der Waals surface area contributed by atoms with E-state index in [0.717, 1.165) is 60.9 Å². The van der Waals surface area contributed by atoms with Gasteiger partial charge in [0.1, 0.15) is 5.82 Å². The molecule has 2 heterocycles. The molecule has 0 bridgehead atoms. The van der Waals surface area contributed by atoms with E-state index in [1.807, 2.05) is 29.1 Å². The van der Waals surface area contributed by atoms with Crippen LogP contribution in [0.15, 0.2) is 36.5 Å². The van der Waals surface area contributed by atoms with Crippen molar-refractivity contribution in [2.24, 2.45) is 0 Å². The minimum atomic E-state index is -0.363. The number of amides is 1. The second-order valence-corrected chi connectivity index (χ2v) is 8.11. The van der Waals surface area contributed by atoms with Crippen molar-refractivity contribution in [2.45, 2.75) is 51.3 Å². The minimum Gasteiger partial charge on any atom is -0.376 e. The topological polar surface area (TPSA) is 56.2 Å². The number of hydrogen-bond donors (Lipinski definition) is 1. The minimum absolute atomic E-state index is 0.210. The highest BCUT2D eigenvalue weighted by atomic mass is 19.1. The summed E-state index contributed by atoms with van der Waals surface area (Å²) in [5.74, 6) is -0.573. The molecule has 6 heteroatoms. The highest BCUT2D eigenvalue weighted by Crippen LogP contribution is 2.30. The van der Waals surface area contributed by atoms with E-state index in [-0.39, 0.29) is 23.9 Å². The number of aromatic nitrogens is 2. The quantitative estimate of drug-likeness (QED) is 0.706. The Bertz CT molecular complexity index is 1080. The number of ether oxygens (including phenoxy) is 1. The van der Waals surface area contributed by atoms with Crippen molar-refractivity contribution in [3.05, 3.63) is 53.5 Å². The van der Waals surface area contributed by atoms with Gasteiger partial charge < -0.3 is 10.1 Å². The van der Waals surface area contributed by atoms with Gasteiger partial charge >= 0.3 is 0 Å². The number of carbonyl (C=O) groups is 1. The first-order valence-electron chi connectivity index (χ1n) is 10.3. The van der Waals surface area contributed by atoms with Gasteiger partial charge in [0, 0.05) is 23.6 Å². The van der Waals surface area contributed by atoms with Gasteiger partial charge in [0.2, 0.25) is 0 Å². The molecular formula is C23H24FN3O2. The van der Waals surface area contributed by atoms with E-state index in [0.29, 0.717) is 11.1 Å². The van der Waals surface area contributed by atoms with Gasteiger partial charge in [-0.25, -0.2) is 4.39 Å². The fraction of sp³-hybridized carbons (Fsp3) is 0.391. The molecule has 1 N–H and O–H groups in total. The molecule has 5 rings (SSSR count). The number of hydrogen-bond acceptors (Lipinski definition) is 3. The van der Waals surface area contributed by atoms with Gasteiger partial charge in [0.15, 0.2) is 0 Å². The number of halogens is 1. The van der Waals surface area contributed by atoms with E-state index in [4.69, 9.17) is 4.74 Å². The molecule has 1 atom stereocenters. The molecule has 3 aromatic rings. The van der Waals surface area contributed by atoms with Crippen LogP contribution < -0.4 is 5.32 Å². The Balaban J connectivity index is 1.48. The Labute approximate surface area is 168 Å². The van der Waals surface area contributed by atoms with Gasteiger partial charge in [-0.05, 0) is 73.6 Å². The van der Waals surface area contributed by atoms with Crippen molar-refractivity contribution in [1.82, 2.24) is 15.1 Å². The highest BCUT2D eigenvalue weighted by Gasteiger charge is 2.25. The van der Waals surface area contributed by atoms with E-state index in [1.54, 1.807) is 13.0 Å². The standard InChI is InChI=1S/C23H24FN3O2/c1-14-20(10-16(11-21(14)24)23(28)26-18-5-6-18)15-4-7-22-17(9-15)12-25-27(22)13-19-3-2-8-29-19/h4,7,9-12,18-19H,2-3,5-6,8,13H2,1H3,(H,26,28). The van der Waals surface area contributed by atoms with E-state index in [9.17, 15) is 9.18 Å². The monoisotopic (exact) mass is 393 g/mol. The second kappa shape index (κ2) is 7.26. The molecule has 1 aromatic heterocycles. The molecule has 1 unspecified atom stereocenters. The summed E-state index contributed by atoms with van der Waals surface area (Å²) < 4.78 is 22.3. The lowest BCUT2D eigenvalue weighted by atomic mass is 9.96. The van der Waals surface area contributed by atoms with Gasteiger partial charge in [-0.15, -0.1) is 0 Å². The van der Waals surface area contributed by atoms with E-state index >= 15 is 0 Å². The molecule has 29 heavy (non-hydrogen) atoms. The summed E-state index contributed by atoms with van der Waals surface area (Å²) in [6.45, 7) is 3.31. The number of rotatable bonds is 5. The van der Waals surface area contributed by atoms with Crippen LogP contribution in [-0.4, -0.2) is 34.4 Å². The van der Waals surface area contributed by atoms with Crippen molar-refractivity contribution in [3.63, 3.8) is 0 Å². The molecular weight excluding hydrogens is 369 g/mol. The summed E-state index contributed by atoms with van der Waals surface area (Å²) in [5, 5.41) is 8.44. The molecule has 0 radical (unpaired) electrons. The summed E-state index contributed by atoms with van der Waals surface area (Å²) in [7, 11) is 0. The van der Waals surface area contributed by atoms with Gasteiger partial charge in [0.25, 0.3) is 5.91 Å². The Morgan fingerprint density at radius 3 is 2.90 bits per heavy atom. The lowest BCUT2D eigenvalue weighted by molar-refractivity contribution is 0.0947. The van der Waals surface area contributed by atoms with Crippen LogP contribution in [0.2, 0.25) is 0 Å². The first kappa shape index (κ1) is 18.3. The van der Waals surface area contributed by atoms with Crippen molar-refractivity contribution < 1.29 is 13.9 Å². The second-order valence-electron chi connectivity index (χ2n) is 8.11. The average molecular weight is 393 g/mol. The maximum atomic E-state index is 14.6. The van der Waals surface area contributed by atoms with Gasteiger partial charge in [-0.3, -0.25) is 9.48 Å². The Morgan fingerprint density at radius 2 is 2.14 bits per heavy atom. The summed E-state index contributed by atoms with van der Waals surface area (Å²) >= 11 is 0. The first-order valence-corrected chi connectivity index (χ1v) is 10.3. The van der Waals surface area contributed by atoms with Crippen LogP contribution in [0.1, 0.15) is 41.6 Å². The Hall–Kier alpha value is -2.73. The molecule has 5 nitrogen and oxygen atoms in total. The molecule has 1 aliphatic heterocycles. The number of carbonyl (C=O) groups excluding carboxylic acids is 1. The average Bonchev–Trinajstić information content (AvgIpc) is 3.22. The Kier molecular flexibility index (Phi) is 4.59. The van der Waals surface area contributed by atoms with Crippen molar-refractivity contribution >= 4 is 16.8 Å². The molecule has 1 aliphatic carbocycles. The third-order valence-electron chi connectivity index (χ3n) is 5.87. The van der Waals surface area contributed by atoms with Crippen molar-refractivity contribution in [1.29, 1.82) is 0 Å². The zero-order valence-electron chi connectivity index (χ0n) is 16.5. The zero-order chi connectivity index (χ0) is 20.0. The molecule has 1 amide bonds. The molecule has 0 spiro atoms. The summed E-state index contributed by atoms with van der Waals surface area (Å²) in [6.07, 6.45) is 6.22. The van der Waals surface area contributed by atoms with Crippen LogP contribution in [0.25, 0.3) is 22.0 Å². The molecule has 1 saturated heterocycles. The SMILES string of the molecule is Cc1c(F)cc(C(=O)NC2CC2)cc1-c1ccc2c(cnn2CC2CCCO2)c1. The summed E-state index contributed by atoms with van der Waals surface area (Å²) in [5.41, 5.74) is 3.56.